The molecule has 6 rings (SSSR count). The van der Waals surface area contributed by atoms with E-state index in [2.05, 4.69) is 32.0 Å². The van der Waals surface area contributed by atoms with Gasteiger partial charge >= 0.3 is 0 Å². The number of pyridine rings is 1. The molecule has 1 aliphatic rings. The Kier molecular flexibility index (Phi) is 6.23. The average molecular weight is 559 g/mol. The summed E-state index contributed by atoms with van der Waals surface area (Å²) in [5.74, 6) is -0.413. The molecule has 0 radical (unpaired) electrons. The fraction of sp³-hybridized carbons (Fsp3) is 0.172. The van der Waals surface area contributed by atoms with Crippen molar-refractivity contribution in [3.8, 4) is 6.07 Å². The van der Waals surface area contributed by atoms with Crippen LogP contribution in [-0.4, -0.2) is 20.0 Å². The number of hydrogen-bond acceptors (Lipinski definition) is 6. The summed E-state index contributed by atoms with van der Waals surface area (Å²) in [6.07, 6.45) is 5.23. The Hall–Kier alpha value is -4.19. The third-order valence-electron chi connectivity index (χ3n) is 6.66. The lowest BCUT2D eigenvalue weighted by atomic mass is 10.0. The maximum atomic E-state index is 13.8. The maximum Gasteiger partial charge on any atom is 0.123 e. The quantitative estimate of drug-likeness (QED) is 0.212. The molecule has 10 heteroatoms. The first-order chi connectivity index (χ1) is 19.3. The molecule has 0 aliphatic heterocycles. The van der Waals surface area contributed by atoms with Gasteiger partial charge in [-0.3, -0.25) is 4.98 Å². The number of hydrogen-bond donors (Lipinski definition) is 2. The third-order valence-corrected chi connectivity index (χ3v) is 7.36. The molecule has 1 saturated carbocycles. The number of anilines is 3. The van der Waals surface area contributed by atoms with Crippen molar-refractivity contribution in [1.82, 2.24) is 20.0 Å². The van der Waals surface area contributed by atoms with Crippen molar-refractivity contribution in [2.75, 3.05) is 10.6 Å². The Morgan fingerprint density at radius 2 is 1.95 bits per heavy atom. The van der Waals surface area contributed by atoms with E-state index < -0.39 is 11.8 Å². The standard InChI is InChI=1S/C29H22Cl2FN7/c1-16-23(30)3-2-4-25(16)36-27-18(13-33)14-34-29-22(27)11-20(12-24(29)31)35-28(17-5-7-19(32)8-6-17)26-15-39(38-37-26)21-9-10-21/h2-8,11-12,14-15,21,28,35H,9-10H2,1H3,(H,34,36)/t28-/m1/s1/i28D. The van der Waals surface area contributed by atoms with Gasteiger partial charge in [0, 0.05) is 28.0 Å². The van der Waals surface area contributed by atoms with Gasteiger partial charge in [0.05, 0.1) is 41.4 Å². The van der Waals surface area contributed by atoms with Crippen molar-refractivity contribution < 1.29 is 5.76 Å². The smallest absolute Gasteiger partial charge is 0.123 e. The molecule has 0 spiro atoms. The van der Waals surface area contributed by atoms with Crippen LogP contribution in [0.5, 0.6) is 0 Å². The molecule has 194 valence electrons. The molecule has 2 aromatic heterocycles. The molecule has 1 atom stereocenters. The highest BCUT2D eigenvalue weighted by Gasteiger charge is 2.27. The monoisotopic (exact) mass is 558 g/mol. The van der Waals surface area contributed by atoms with E-state index in [0.717, 1.165) is 24.1 Å². The lowest BCUT2D eigenvalue weighted by Gasteiger charge is -2.20. The molecular formula is C29H22Cl2FN7. The van der Waals surface area contributed by atoms with E-state index in [1.54, 1.807) is 41.2 Å². The van der Waals surface area contributed by atoms with E-state index in [4.69, 9.17) is 23.2 Å². The molecule has 5 aromatic rings. The number of fused-ring (bicyclic) bond motifs is 1. The molecule has 0 saturated heterocycles. The summed E-state index contributed by atoms with van der Waals surface area (Å²) < 4.78 is 25.1. The zero-order valence-corrected chi connectivity index (χ0v) is 22.2. The molecule has 2 heterocycles. The summed E-state index contributed by atoms with van der Waals surface area (Å²) in [4.78, 5) is 4.42. The second kappa shape index (κ2) is 10.2. The minimum absolute atomic E-state index is 0.271. The van der Waals surface area contributed by atoms with Crippen LogP contribution in [0.25, 0.3) is 10.9 Å². The van der Waals surface area contributed by atoms with Crippen LogP contribution >= 0.6 is 23.2 Å². The van der Waals surface area contributed by atoms with Gasteiger partial charge in [-0.25, -0.2) is 9.07 Å². The maximum absolute atomic E-state index is 13.8. The van der Waals surface area contributed by atoms with E-state index in [1.807, 2.05) is 19.1 Å². The van der Waals surface area contributed by atoms with Crippen molar-refractivity contribution in [1.29, 1.82) is 5.26 Å². The molecule has 1 aliphatic carbocycles. The molecule has 39 heavy (non-hydrogen) atoms. The molecule has 0 unspecified atom stereocenters. The highest BCUT2D eigenvalue weighted by Crippen LogP contribution is 2.38. The Morgan fingerprint density at radius 1 is 1.15 bits per heavy atom. The lowest BCUT2D eigenvalue weighted by molar-refractivity contribution is 0.610. The average Bonchev–Trinajstić information content (AvgIpc) is 3.67. The molecule has 3 aromatic carbocycles. The summed E-state index contributed by atoms with van der Waals surface area (Å²) in [6, 6.07) is 15.4. The minimum atomic E-state index is -1.63. The predicted molar refractivity (Wildman–Crippen MR) is 151 cm³/mol. The number of nitrogens with one attached hydrogen (secondary N) is 2. The van der Waals surface area contributed by atoms with E-state index >= 15 is 0 Å². The van der Waals surface area contributed by atoms with Crippen LogP contribution in [-0.2, 0) is 0 Å². The summed E-state index contributed by atoms with van der Waals surface area (Å²) in [7, 11) is 0. The van der Waals surface area contributed by atoms with E-state index in [0.29, 0.717) is 49.1 Å². The highest BCUT2D eigenvalue weighted by molar-refractivity contribution is 6.36. The summed E-state index contributed by atoms with van der Waals surface area (Å²) in [5, 5.41) is 26.5. The largest absolute Gasteiger partial charge is 0.373 e. The van der Waals surface area contributed by atoms with E-state index in [-0.39, 0.29) is 6.04 Å². The Balaban J connectivity index is 1.48. The third kappa shape index (κ3) is 4.99. The number of nitrogens with zero attached hydrogens (tertiary/aromatic N) is 5. The molecule has 0 bridgehead atoms. The normalized spacial score (nSPS) is 14.9. The van der Waals surface area contributed by atoms with Gasteiger partial charge in [-0.1, -0.05) is 46.6 Å². The van der Waals surface area contributed by atoms with Gasteiger partial charge in [-0.05, 0) is 67.3 Å². The Labute approximate surface area is 235 Å². The van der Waals surface area contributed by atoms with Crippen LogP contribution in [0.1, 0.15) is 48.7 Å². The van der Waals surface area contributed by atoms with E-state index in [1.165, 1.54) is 18.3 Å². The first-order valence-corrected chi connectivity index (χ1v) is 13.0. The minimum Gasteiger partial charge on any atom is -0.373 e. The predicted octanol–water partition coefficient (Wildman–Crippen LogP) is 7.73. The van der Waals surface area contributed by atoms with Crippen LogP contribution < -0.4 is 10.6 Å². The number of halogens is 3. The first kappa shape index (κ1) is 23.9. The highest BCUT2D eigenvalue weighted by atomic mass is 35.5. The topological polar surface area (TPSA) is 91.5 Å². The molecule has 2 N–H and O–H groups in total. The van der Waals surface area contributed by atoms with E-state index in [9.17, 15) is 11.0 Å². The second-order valence-corrected chi connectivity index (χ2v) is 10.2. The van der Waals surface area contributed by atoms with Gasteiger partial charge in [0.2, 0.25) is 0 Å². The van der Waals surface area contributed by atoms with Crippen LogP contribution in [0.4, 0.5) is 21.5 Å². The zero-order valence-electron chi connectivity index (χ0n) is 21.7. The SMILES string of the molecule is [2H][C@@](Nc1cc(Cl)c2ncc(C#N)c(Nc3cccc(Cl)c3C)c2c1)(c1ccc(F)cc1)c1cn(C2CC2)nn1. The van der Waals surface area contributed by atoms with Gasteiger partial charge in [0.1, 0.15) is 17.6 Å². The van der Waals surface area contributed by atoms with Gasteiger partial charge in [-0.15, -0.1) is 5.10 Å². The fourth-order valence-corrected chi connectivity index (χ4v) is 4.83. The number of aromatic nitrogens is 4. The second-order valence-electron chi connectivity index (χ2n) is 9.37. The van der Waals surface area contributed by atoms with Crippen LogP contribution in [0.2, 0.25) is 10.0 Å². The van der Waals surface area contributed by atoms with Gasteiger partial charge in [-0.2, -0.15) is 5.26 Å². The van der Waals surface area contributed by atoms with Crippen molar-refractivity contribution in [3.05, 3.63) is 105 Å². The van der Waals surface area contributed by atoms with Crippen LogP contribution in [0.15, 0.2) is 67.0 Å². The Morgan fingerprint density at radius 3 is 2.69 bits per heavy atom. The molecular weight excluding hydrogens is 536 g/mol. The van der Waals surface area contributed by atoms with Crippen molar-refractivity contribution in [2.24, 2.45) is 0 Å². The van der Waals surface area contributed by atoms with Crippen molar-refractivity contribution in [2.45, 2.75) is 31.8 Å². The lowest BCUT2D eigenvalue weighted by Crippen LogP contribution is -2.13. The summed E-state index contributed by atoms with van der Waals surface area (Å²) >= 11 is 13.0. The molecule has 1 fully saturated rings. The van der Waals surface area contributed by atoms with Crippen LogP contribution in [0.3, 0.4) is 0 Å². The fourth-order valence-electron chi connectivity index (χ4n) is 4.38. The summed E-state index contributed by atoms with van der Waals surface area (Å²) in [5.41, 5.74) is 4.11. The molecule has 0 amide bonds. The Bertz CT molecular complexity index is 1800. The van der Waals surface area contributed by atoms with Gasteiger partial charge < -0.3 is 10.6 Å². The van der Waals surface area contributed by atoms with Crippen molar-refractivity contribution in [3.63, 3.8) is 0 Å². The molecule has 7 nitrogen and oxygen atoms in total. The zero-order chi connectivity index (χ0) is 28.0. The number of nitriles is 1. The summed E-state index contributed by atoms with van der Waals surface area (Å²) in [6.45, 7) is 1.88. The van der Waals surface area contributed by atoms with Gasteiger partial charge in [0.25, 0.3) is 0 Å². The van der Waals surface area contributed by atoms with Gasteiger partial charge in [0.15, 0.2) is 0 Å². The van der Waals surface area contributed by atoms with Crippen molar-refractivity contribution >= 4 is 51.2 Å². The van der Waals surface area contributed by atoms with Crippen LogP contribution in [0, 0.1) is 24.1 Å². The number of rotatable bonds is 7. The first-order valence-electron chi connectivity index (χ1n) is 12.8. The number of benzene rings is 3.